The maximum Gasteiger partial charge on any atom is 0.241 e. The van der Waals surface area contributed by atoms with Crippen molar-refractivity contribution < 1.29 is 9.59 Å². The number of carbonyl (C=O) groups is 2. The van der Waals surface area contributed by atoms with Crippen LogP contribution in [0.3, 0.4) is 0 Å². The van der Waals surface area contributed by atoms with Crippen LogP contribution in [0.5, 0.6) is 0 Å². The van der Waals surface area contributed by atoms with Crippen LogP contribution in [-0.2, 0) is 9.59 Å². The van der Waals surface area contributed by atoms with Crippen molar-refractivity contribution in [3.05, 3.63) is 24.3 Å². The molecule has 0 spiro atoms. The summed E-state index contributed by atoms with van der Waals surface area (Å²) < 4.78 is 0. The van der Waals surface area contributed by atoms with Gasteiger partial charge >= 0.3 is 0 Å². The first-order valence-corrected chi connectivity index (χ1v) is 5.84. The molecular weight excluding hydrogens is 230 g/mol. The van der Waals surface area contributed by atoms with Crippen LogP contribution < -0.4 is 16.4 Å². The van der Waals surface area contributed by atoms with Crippen molar-refractivity contribution in [2.24, 2.45) is 11.7 Å². The Hall–Kier alpha value is -1.88. The minimum atomic E-state index is -0.547. The van der Waals surface area contributed by atoms with Crippen molar-refractivity contribution in [3.63, 3.8) is 0 Å². The molecular formula is C13H19N3O2. The van der Waals surface area contributed by atoms with Crippen LogP contribution in [0.25, 0.3) is 0 Å². The lowest BCUT2D eigenvalue weighted by Gasteiger charge is -2.15. The Bertz CT molecular complexity index is 444. The van der Waals surface area contributed by atoms with Crippen LogP contribution in [0.2, 0.25) is 0 Å². The number of amides is 2. The number of benzene rings is 1. The van der Waals surface area contributed by atoms with E-state index in [1.807, 2.05) is 13.8 Å². The number of carbonyl (C=O) groups excluding carboxylic acids is 2. The van der Waals surface area contributed by atoms with Crippen molar-refractivity contribution in [1.29, 1.82) is 0 Å². The molecule has 1 aromatic rings. The Morgan fingerprint density at radius 2 is 1.72 bits per heavy atom. The third kappa shape index (κ3) is 4.18. The largest absolute Gasteiger partial charge is 0.326 e. The van der Waals surface area contributed by atoms with Gasteiger partial charge in [-0.05, 0) is 24.1 Å². The third-order valence-corrected chi connectivity index (χ3v) is 2.47. The molecule has 0 fully saturated rings. The topological polar surface area (TPSA) is 84.2 Å². The van der Waals surface area contributed by atoms with E-state index >= 15 is 0 Å². The molecule has 0 bridgehead atoms. The van der Waals surface area contributed by atoms with Gasteiger partial charge in [0.05, 0.1) is 6.04 Å². The lowest BCUT2D eigenvalue weighted by Crippen LogP contribution is -2.39. The first kappa shape index (κ1) is 14.2. The summed E-state index contributed by atoms with van der Waals surface area (Å²) in [6.07, 6.45) is 0. The van der Waals surface area contributed by atoms with Gasteiger partial charge in [0, 0.05) is 18.3 Å². The van der Waals surface area contributed by atoms with Gasteiger partial charge in [-0.2, -0.15) is 0 Å². The average Bonchev–Trinajstić information content (AvgIpc) is 2.27. The Morgan fingerprint density at radius 3 is 2.22 bits per heavy atom. The summed E-state index contributed by atoms with van der Waals surface area (Å²) in [7, 11) is 0. The molecule has 1 aromatic carbocycles. The van der Waals surface area contributed by atoms with Crippen molar-refractivity contribution in [2.75, 3.05) is 10.6 Å². The summed E-state index contributed by atoms with van der Waals surface area (Å²) in [6, 6.07) is 6.39. The molecule has 0 unspecified atom stereocenters. The fourth-order valence-corrected chi connectivity index (χ4v) is 1.41. The number of rotatable bonds is 4. The number of nitrogens with one attached hydrogen (secondary N) is 2. The van der Waals surface area contributed by atoms with E-state index in [0.29, 0.717) is 11.4 Å². The number of hydrogen-bond acceptors (Lipinski definition) is 3. The Kier molecular flexibility index (Phi) is 4.85. The fraction of sp³-hybridized carbons (Fsp3) is 0.385. The van der Waals surface area contributed by atoms with Gasteiger partial charge in [-0.25, -0.2) is 0 Å². The highest BCUT2D eigenvalue weighted by atomic mass is 16.2. The Balaban J connectivity index is 2.73. The molecule has 0 radical (unpaired) electrons. The van der Waals surface area contributed by atoms with E-state index < -0.39 is 6.04 Å². The Morgan fingerprint density at radius 1 is 1.17 bits per heavy atom. The second-order valence-corrected chi connectivity index (χ2v) is 4.52. The predicted molar refractivity (Wildman–Crippen MR) is 72.2 cm³/mol. The standard InChI is InChI=1S/C13H19N3O2/c1-8(2)12(14)13(18)16-11-6-4-5-10(7-11)15-9(3)17/h4-8,12H,14H2,1-3H3,(H,15,17)(H,16,18)/t12-/m0/s1. The molecule has 98 valence electrons. The van der Waals surface area contributed by atoms with E-state index in [-0.39, 0.29) is 17.7 Å². The van der Waals surface area contributed by atoms with Crippen LogP contribution in [0, 0.1) is 5.92 Å². The molecule has 0 heterocycles. The molecule has 1 atom stereocenters. The quantitative estimate of drug-likeness (QED) is 0.757. The van der Waals surface area contributed by atoms with E-state index in [0.717, 1.165) is 0 Å². The lowest BCUT2D eigenvalue weighted by molar-refractivity contribution is -0.118. The second kappa shape index (κ2) is 6.16. The SMILES string of the molecule is CC(=O)Nc1cccc(NC(=O)[C@@H](N)C(C)C)c1. The second-order valence-electron chi connectivity index (χ2n) is 4.52. The lowest BCUT2D eigenvalue weighted by atomic mass is 10.0. The summed E-state index contributed by atoms with van der Waals surface area (Å²) >= 11 is 0. The highest BCUT2D eigenvalue weighted by Gasteiger charge is 2.17. The normalized spacial score (nSPS) is 12.1. The van der Waals surface area contributed by atoms with Gasteiger partial charge in [-0.15, -0.1) is 0 Å². The highest BCUT2D eigenvalue weighted by molar-refractivity contribution is 5.96. The highest BCUT2D eigenvalue weighted by Crippen LogP contribution is 2.15. The number of hydrogen-bond donors (Lipinski definition) is 3. The maximum atomic E-state index is 11.8. The summed E-state index contributed by atoms with van der Waals surface area (Å²) in [5, 5.41) is 5.37. The van der Waals surface area contributed by atoms with Gasteiger partial charge in [-0.1, -0.05) is 19.9 Å². The first-order valence-electron chi connectivity index (χ1n) is 5.84. The maximum absolute atomic E-state index is 11.8. The van der Waals surface area contributed by atoms with Crippen molar-refractivity contribution in [3.8, 4) is 0 Å². The van der Waals surface area contributed by atoms with E-state index in [9.17, 15) is 9.59 Å². The molecule has 0 saturated heterocycles. The monoisotopic (exact) mass is 249 g/mol. The van der Waals surface area contributed by atoms with Gasteiger partial charge in [0.15, 0.2) is 0 Å². The zero-order valence-electron chi connectivity index (χ0n) is 10.9. The average molecular weight is 249 g/mol. The molecule has 2 amide bonds. The summed E-state index contributed by atoms with van der Waals surface area (Å²) in [6.45, 7) is 5.20. The zero-order chi connectivity index (χ0) is 13.7. The molecule has 0 aliphatic rings. The first-order chi connectivity index (χ1) is 8.40. The molecule has 5 nitrogen and oxygen atoms in total. The number of anilines is 2. The Labute approximate surface area is 107 Å². The molecule has 0 aliphatic carbocycles. The van der Waals surface area contributed by atoms with Crippen LogP contribution >= 0.6 is 0 Å². The van der Waals surface area contributed by atoms with Crippen LogP contribution in [0.1, 0.15) is 20.8 Å². The zero-order valence-corrected chi connectivity index (χ0v) is 10.9. The van der Waals surface area contributed by atoms with Crippen molar-refractivity contribution >= 4 is 23.2 Å². The fourth-order valence-electron chi connectivity index (χ4n) is 1.41. The van der Waals surface area contributed by atoms with Crippen LogP contribution in [-0.4, -0.2) is 17.9 Å². The van der Waals surface area contributed by atoms with Gasteiger partial charge in [0.1, 0.15) is 0 Å². The molecule has 1 rings (SSSR count). The van der Waals surface area contributed by atoms with E-state index in [2.05, 4.69) is 10.6 Å². The molecule has 0 aromatic heterocycles. The van der Waals surface area contributed by atoms with Gasteiger partial charge in [0.2, 0.25) is 11.8 Å². The summed E-state index contributed by atoms with van der Waals surface area (Å²) in [5.41, 5.74) is 7.00. The number of nitrogens with two attached hydrogens (primary N) is 1. The van der Waals surface area contributed by atoms with Crippen molar-refractivity contribution in [2.45, 2.75) is 26.8 Å². The molecule has 18 heavy (non-hydrogen) atoms. The summed E-state index contributed by atoms with van der Waals surface area (Å²) in [5.74, 6) is -0.314. The van der Waals surface area contributed by atoms with E-state index in [4.69, 9.17) is 5.73 Å². The van der Waals surface area contributed by atoms with Crippen LogP contribution in [0.4, 0.5) is 11.4 Å². The van der Waals surface area contributed by atoms with Gasteiger partial charge in [0.25, 0.3) is 0 Å². The summed E-state index contributed by atoms with van der Waals surface area (Å²) in [4.78, 5) is 22.7. The molecule has 4 N–H and O–H groups in total. The van der Waals surface area contributed by atoms with E-state index in [1.54, 1.807) is 24.3 Å². The smallest absolute Gasteiger partial charge is 0.241 e. The third-order valence-electron chi connectivity index (χ3n) is 2.47. The minimum absolute atomic E-state index is 0.0727. The predicted octanol–water partition coefficient (Wildman–Crippen LogP) is 1.57. The molecule has 0 aliphatic heterocycles. The molecule has 5 heteroatoms. The van der Waals surface area contributed by atoms with Gasteiger partial charge < -0.3 is 16.4 Å². The molecule has 0 saturated carbocycles. The minimum Gasteiger partial charge on any atom is -0.326 e. The van der Waals surface area contributed by atoms with Crippen LogP contribution in [0.15, 0.2) is 24.3 Å². The van der Waals surface area contributed by atoms with Gasteiger partial charge in [-0.3, -0.25) is 9.59 Å². The van der Waals surface area contributed by atoms with E-state index in [1.165, 1.54) is 6.92 Å². The van der Waals surface area contributed by atoms with Crippen molar-refractivity contribution in [1.82, 2.24) is 0 Å².